The van der Waals surface area contributed by atoms with E-state index in [1.54, 1.807) is 0 Å². The van der Waals surface area contributed by atoms with Crippen LogP contribution in [0.25, 0.3) is 10.9 Å². The molecule has 26 heavy (non-hydrogen) atoms. The third-order valence-electron chi connectivity index (χ3n) is 5.05. The Morgan fingerprint density at radius 2 is 1.27 bits per heavy atom. The molecule has 3 aromatic carbocycles. The van der Waals surface area contributed by atoms with Gasteiger partial charge in [-0.2, -0.15) is 0 Å². The number of benzene rings is 3. The first kappa shape index (κ1) is 16.6. The maximum absolute atomic E-state index is 11.8. The maximum Gasteiger partial charge on any atom is 0.145 e. The molecule has 3 heteroatoms. The van der Waals surface area contributed by atoms with Crippen molar-refractivity contribution in [2.24, 2.45) is 7.05 Å². The fraction of sp³-hybridized carbons (Fsp3) is 0.130. The minimum Gasteiger partial charge on any atom is -0.385 e. The van der Waals surface area contributed by atoms with Gasteiger partial charge in [0.15, 0.2) is 0 Å². The van der Waals surface area contributed by atoms with Crippen molar-refractivity contribution in [1.82, 2.24) is 4.57 Å². The molecule has 0 spiro atoms. The molecule has 0 aliphatic carbocycles. The molecule has 1 unspecified atom stereocenters. The lowest BCUT2D eigenvalue weighted by molar-refractivity contribution is -0.0511. The van der Waals surface area contributed by atoms with E-state index in [-0.39, 0.29) is 0 Å². The van der Waals surface area contributed by atoms with E-state index >= 15 is 0 Å². The second-order valence-corrected chi connectivity index (χ2v) is 6.61. The van der Waals surface area contributed by atoms with Crippen LogP contribution in [0.15, 0.2) is 91.1 Å². The van der Waals surface area contributed by atoms with E-state index < -0.39 is 11.7 Å². The van der Waals surface area contributed by atoms with E-state index in [1.165, 1.54) is 0 Å². The molecule has 130 valence electrons. The van der Waals surface area contributed by atoms with E-state index in [0.29, 0.717) is 16.7 Å². The van der Waals surface area contributed by atoms with Crippen LogP contribution in [0, 0.1) is 0 Å². The molecule has 3 nitrogen and oxygen atoms in total. The fourth-order valence-corrected chi connectivity index (χ4v) is 3.68. The minimum atomic E-state index is -1.55. The number of aromatic nitrogens is 1. The van der Waals surface area contributed by atoms with E-state index in [9.17, 15) is 10.2 Å². The van der Waals surface area contributed by atoms with Crippen molar-refractivity contribution in [3.8, 4) is 0 Å². The molecule has 0 radical (unpaired) electrons. The zero-order valence-electron chi connectivity index (χ0n) is 14.6. The van der Waals surface area contributed by atoms with Crippen LogP contribution in [0.3, 0.4) is 0 Å². The Morgan fingerprint density at radius 1 is 0.769 bits per heavy atom. The molecule has 1 atom stereocenters. The van der Waals surface area contributed by atoms with Crippen LogP contribution in [-0.2, 0) is 12.6 Å². The third-order valence-corrected chi connectivity index (χ3v) is 5.05. The lowest BCUT2D eigenvalue weighted by Gasteiger charge is -2.34. The second kappa shape index (κ2) is 6.45. The number of aliphatic hydroxyl groups excluding tert-OH is 1. The highest BCUT2D eigenvalue weighted by Crippen LogP contribution is 2.43. The smallest absolute Gasteiger partial charge is 0.145 e. The summed E-state index contributed by atoms with van der Waals surface area (Å²) in [6.45, 7) is 0. The summed E-state index contributed by atoms with van der Waals surface area (Å²) in [5.41, 5.74) is 1.49. The van der Waals surface area contributed by atoms with Gasteiger partial charge in [-0.05, 0) is 17.2 Å². The molecule has 0 amide bonds. The van der Waals surface area contributed by atoms with Crippen molar-refractivity contribution in [1.29, 1.82) is 0 Å². The summed E-state index contributed by atoms with van der Waals surface area (Å²) in [7, 11) is 1.95. The zero-order valence-corrected chi connectivity index (χ0v) is 14.6. The second-order valence-electron chi connectivity index (χ2n) is 6.61. The highest BCUT2D eigenvalue weighted by molar-refractivity contribution is 5.84. The summed E-state index contributed by atoms with van der Waals surface area (Å²) >= 11 is 0. The number of hydrogen-bond donors (Lipinski definition) is 2. The van der Waals surface area contributed by atoms with Gasteiger partial charge in [-0.1, -0.05) is 78.9 Å². The first-order chi connectivity index (χ1) is 12.6. The number of hydrogen-bond acceptors (Lipinski definition) is 2. The zero-order chi connectivity index (χ0) is 18.1. The van der Waals surface area contributed by atoms with Crippen molar-refractivity contribution >= 4 is 10.9 Å². The molecule has 4 rings (SSSR count). The van der Waals surface area contributed by atoms with Crippen LogP contribution in [0.1, 0.15) is 22.8 Å². The van der Waals surface area contributed by atoms with Gasteiger partial charge in [0.2, 0.25) is 0 Å². The molecule has 0 bridgehead atoms. The summed E-state index contributed by atoms with van der Waals surface area (Å²) in [4.78, 5) is 0. The molecule has 2 N–H and O–H groups in total. The third kappa shape index (κ3) is 2.53. The molecule has 0 aliphatic heterocycles. The molecule has 0 saturated carbocycles. The largest absolute Gasteiger partial charge is 0.385 e. The normalized spacial score (nSPS) is 13.0. The molecular formula is C23H21NO2. The topological polar surface area (TPSA) is 45.4 Å². The van der Waals surface area contributed by atoms with Crippen molar-refractivity contribution in [2.45, 2.75) is 11.7 Å². The Morgan fingerprint density at radius 3 is 1.85 bits per heavy atom. The number of aliphatic hydroxyl groups is 2. The van der Waals surface area contributed by atoms with Gasteiger partial charge in [0, 0.05) is 29.7 Å². The Bertz CT molecular complexity index is 982. The monoisotopic (exact) mass is 343 g/mol. The SMILES string of the molecule is Cn1cc(C(O)C(O)(c2ccccc2)c2ccccc2)c2ccccc21. The molecule has 0 fully saturated rings. The van der Waals surface area contributed by atoms with Crippen molar-refractivity contribution < 1.29 is 10.2 Å². The number of para-hydroxylation sites is 1. The van der Waals surface area contributed by atoms with Crippen LogP contribution in [-0.4, -0.2) is 14.8 Å². The quantitative estimate of drug-likeness (QED) is 0.585. The van der Waals surface area contributed by atoms with Gasteiger partial charge < -0.3 is 14.8 Å². The summed E-state index contributed by atoms with van der Waals surface area (Å²) in [6.07, 6.45) is 0.782. The van der Waals surface area contributed by atoms with Crippen LogP contribution in [0.4, 0.5) is 0 Å². The van der Waals surface area contributed by atoms with Crippen LogP contribution in [0.5, 0.6) is 0 Å². The maximum atomic E-state index is 11.8. The van der Waals surface area contributed by atoms with Crippen LogP contribution >= 0.6 is 0 Å². The molecule has 0 aliphatic rings. The number of aryl methyl sites for hydroxylation is 1. The lowest BCUT2D eigenvalue weighted by atomic mass is 9.79. The molecule has 4 aromatic rings. The fourth-order valence-electron chi connectivity index (χ4n) is 3.68. The van der Waals surface area contributed by atoms with Crippen molar-refractivity contribution in [3.63, 3.8) is 0 Å². The molecule has 1 aromatic heterocycles. The average molecular weight is 343 g/mol. The van der Waals surface area contributed by atoms with Gasteiger partial charge in [-0.15, -0.1) is 0 Å². The lowest BCUT2D eigenvalue weighted by Crippen LogP contribution is -2.35. The van der Waals surface area contributed by atoms with Gasteiger partial charge in [0.05, 0.1) is 0 Å². The minimum absolute atomic E-state index is 0.659. The highest BCUT2D eigenvalue weighted by Gasteiger charge is 2.41. The molecule has 0 saturated heterocycles. The highest BCUT2D eigenvalue weighted by atomic mass is 16.3. The predicted octanol–water partition coefficient (Wildman–Crippen LogP) is 4.15. The van der Waals surface area contributed by atoms with Gasteiger partial charge in [-0.3, -0.25) is 0 Å². The number of fused-ring (bicyclic) bond motifs is 1. The number of nitrogens with zero attached hydrogens (tertiary/aromatic N) is 1. The van der Waals surface area contributed by atoms with E-state index in [0.717, 1.165) is 10.9 Å². The van der Waals surface area contributed by atoms with E-state index in [1.807, 2.05) is 103 Å². The summed E-state index contributed by atoms with van der Waals surface area (Å²) in [5, 5.41) is 24.1. The van der Waals surface area contributed by atoms with Crippen molar-refractivity contribution in [2.75, 3.05) is 0 Å². The van der Waals surface area contributed by atoms with Crippen LogP contribution in [0.2, 0.25) is 0 Å². The van der Waals surface area contributed by atoms with Gasteiger partial charge in [-0.25, -0.2) is 0 Å². The van der Waals surface area contributed by atoms with Gasteiger partial charge in [0.25, 0.3) is 0 Å². The van der Waals surface area contributed by atoms with Crippen LogP contribution < -0.4 is 0 Å². The summed E-state index contributed by atoms with van der Waals surface area (Å²) < 4.78 is 1.98. The first-order valence-corrected chi connectivity index (χ1v) is 8.68. The Hall–Kier alpha value is -2.88. The molecular weight excluding hydrogens is 322 g/mol. The van der Waals surface area contributed by atoms with E-state index in [2.05, 4.69) is 0 Å². The van der Waals surface area contributed by atoms with Crippen molar-refractivity contribution in [3.05, 3.63) is 108 Å². The van der Waals surface area contributed by atoms with Gasteiger partial charge >= 0.3 is 0 Å². The van der Waals surface area contributed by atoms with E-state index in [4.69, 9.17) is 0 Å². The van der Waals surface area contributed by atoms with Gasteiger partial charge in [0.1, 0.15) is 11.7 Å². The predicted molar refractivity (Wildman–Crippen MR) is 104 cm³/mol. The Balaban J connectivity index is 1.94. The Labute approximate surface area is 152 Å². The first-order valence-electron chi connectivity index (χ1n) is 8.68. The average Bonchev–Trinajstić information content (AvgIpc) is 3.05. The summed E-state index contributed by atoms with van der Waals surface area (Å²) in [5.74, 6) is 0. The standard InChI is InChI=1S/C23H21NO2/c1-24-16-20(19-14-8-9-15-21(19)24)22(25)23(26,17-10-4-2-5-11-17)18-12-6-3-7-13-18/h2-16,22,25-26H,1H3. The summed E-state index contributed by atoms with van der Waals surface area (Å²) in [6, 6.07) is 26.6. The Kier molecular flexibility index (Phi) is 4.11. The number of rotatable bonds is 4. The molecule has 1 heterocycles.